The minimum Gasteiger partial charge on any atom is -0.423 e. The van der Waals surface area contributed by atoms with Gasteiger partial charge in [0.05, 0.1) is 0 Å². The van der Waals surface area contributed by atoms with Crippen molar-refractivity contribution < 1.29 is 28.0 Å². The summed E-state index contributed by atoms with van der Waals surface area (Å²) < 4.78 is 37.0. The Labute approximate surface area is 101 Å². The highest BCUT2D eigenvalue weighted by Crippen LogP contribution is 2.31. The number of nitrogens with zero attached hydrogens (tertiary/aromatic N) is 1. The Morgan fingerprint density at radius 1 is 1.33 bits per heavy atom. The van der Waals surface area contributed by atoms with Crippen LogP contribution >= 0.6 is 0 Å². The first-order valence-corrected chi connectivity index (χ1v) is 5.18. The number of amides is 1. The summed E-state index contributed by atoms with van der Waals surface area (Å²) >= 11 is 0. The van der Waals surface area contributed by atoms with Gasteiger partial charge in [-0.15, -0.1) is 0 Å². The normalized spacial score (nSPS) is 14.6. The van der Waals surface area contributed by atoms with Gasteiger partial charge in [-0.05, 0) is 23.5 Å². The molecule has 1 aliphatic heterocycles. The molecular formula is C10H9BF3NO3. The van der Waals surface area contributed by atoms with Gasteiger partial charge in [-0.3, -0.25) is 4.79 Å². The lowest BCUT2D eigenvalue weighted by Crippen LogP contribution is -2.40. The van der Waals surface area contributed by atoms with Gasteiger partial charge in [0.2, 0.25) is 0 Å². The molecule has 8 heteroatoms. The van der Waals surface area contributed by atoms with Crippen LogP contribution in [0.25, 0.3) is 0 Å². The molecule has 1 aromatic carbocycles. The maximum absolute atomic E-state index is 12.3. The summed E-state index contributed by atoms with van der Waals surface area (Å²) in [5.74, 6) is -1.90. The number of hydrogen-bond acceptors (Lipinski definition) is 3. The maximum atomic E-state index is 12.3. The van der Waals surface area contributed by atoms with Crippen molar-refractivity contribution in [3.05, 3.63) is 23.8 Å². The van der Waals surface area contributed by atoms with Crippen molar-refractivity contribution >= 4 is 24.2 Å². The molecule has 2 rings (SSSR count). The smallest absolute Gasteiger partial charge is 0.423 e. The Kier molecular flexibility index (Phi) is 3.08. The lowest BCUT2D eigenvalue weighted by atomic mass is 9.79. The van der Waals surface area contributed by atoms with Gasteiger partial charge in [0.1, 0.15) is 0 Å². The van der Waals surface area contributed by atoms with Crippen LogP contribution in [0.1, 0.15) is 5.56 Å². The molecule has 96 valence electrons. The molecule has 4 nitrogen and oxygen atoms in total. The molecule has 0 saturated carbocycles. The topological polar surface area (TPSA) is 60.8 Å². The lowest BCUT2D eigenvalue weighted by molar-refractivity contribution is -0.170. The zero-order chi connectivity index (χ0) is 13.5. The fourth-order valence-corrected chi connectivity index (χ4v) is 1.95. The summed E-state index contributed by atoms with van der Waals surface area (Å²) in [7, 11) is -1.68. The minimum absolute atomic E-state index is 0.0569. The highest BCUT2D eigenvalue weighted by Gasteiger charge is 2.44. The Balaban J connectivity index is 2.32. The van der Waals surface area contributed by atoms with Crippen LogP contribution in [0.3, 0.4) is 0 Å². The van der Waals surface area contributed by atoms with Crippen molar-refractivity contribution in [1.29, 1.82) is 0 Å². The van der Waals surface area contributed by atoms with Gasteiger partial charge in [0.25, 0.3) is 0 Å². The van der Waals surface area contributed by atoms with Gasteiger partial charge in [0, 0.05) is 12.2 Å². The third-order valence-electron chi connectivity index (χ3n) is 2.78. The average molecular weight is 259 g/mol. The zero-order valence-electron chi connectivity index (χ0n) is 9.11. The Bertz CT molecular complexity index is 490. The van der Waals surface area contributed by atoms with E-state index in [1.165, 1.54) is 18.2 Å². The third-order valence-corrected chi connectivity index (χ3v) is 2.78. The van der Waals surface area contributed by atoms with Crippen LogP contribution < -0.4 is 10.4 Å². The first kappa shape index (κ1) is 12.9. The van der Waals surface area contributed by atoms with Gasteiger partial charge in [-0.1, -0.05) is 12.1 Å². The Morgan fingerprint density at radius 3 is 2.56 bits per heavy atom. The van der Waals surface area contributed by atoms with Gasteiger partial charge < -0.3 is 14.9 Å². The van der Waals surface area contributed by atoms with Crippen LogP contribution in [0.2, 0.25) is 0 Å². The van der Waals surface area contributed by atoms with E-state index in [2.05, 4.69) is 0 Å². The fourth-order valence-electron chi connectivity index (χ4n) is 1.95. The van der Waals surface area contributed by atoms with Gasteiger partial charge >= 0.3 is 19.2 Å². The van der Waals surface area contributed by atoms with E-state index >= 15 is 0 Å². The fraction of sp³-hybridized carbons (Fsp3) is 0.300. The molecule has 0 aliphatic carbocycles. The molecule has 18 heavy (non-hydrogen) atoms. The standard InChI is InChI=1S/C10H9BF3NO3/c12-10(13,14)9(16)15-4-3-6-5-7(11(17)18)1-2-8(6)15/h1-2,5,17-18H,3-4H2. The molecule has 0 unspecified atom stereocenters. The molecule has 1 heterocycles. The third kappa shape index (κ3) is 2.21. The number of halogens is 3. The van der Waals surface area contributed by atoms with E-state index < -0.39 is 19.2 Å². The van der Waals surface area contributed by atoms with E-state index in [1.807, 2.05) is 0 Å². The average Bonchev–Trinajstić information content (AvgIpc) is 2.68. The minimum atomic E-state index is -4.91. The maximum Gasteiger partial charge on any atom is 0.488 e. The van der Waals surface area contributed by atoms with Crippen LogP contribution in [0.15, 0.2) is 18.2 Å². The molecule has 0 bridgehead atoms. The second-order valence-corrected chi connectivity index (χ2v) is 3.97. The number of carbonyl (C=O) groups excluding carboxylic acids is 1. The van der Waals surface area contributed by atoms with Crippen LogP contribution in [0, 0.1) is 0 Å². The van der Waals surface area contributed by atoms with Crippen molar-refractivity contribution in [3.8, 4) is 0 Å². The van der Waals surface area contributed by atoms with E-state index in [9.17, 15) is 18.0 Å². The van der Waals surface area contributed by atoms with Crippen molar-refractivity contribution in [2.45, 2.75) is 12.6 Å². The summed E-state index contributed by atoms with van der Waals surface area (Å²) in [6, 6.07) is 3.97. The molecule has 0 radical (unpaired) electrons. The van der Waals surface area contributed by atoms with Crippen molar-refractivity contribution in [2.75, 3.05) is 11.4 Å². The second-order valence-electron chi connectivity index (χ2n) is 3.97. The van der Waals surface area contributed by atoms with Crippen LogP contribution in [0.4, 0.5) is 18.9 Å². The molecule has 1 aliphatic rings. The molecule has 0 aromatic heterocycles. The molecule has 1 aromatic rings. The Morgan fingerprint density at radius 2 is 2.00 bits per heavy atom. The molecule has 2 N–H and O–H groups in total. The number of anilines is 1. The first-order valence-electron chi connectivity index (χ1n) is 5.18. The predicted octanol–water partition coefficient (Wildman–Crippen LogP) is -0.182. The molecule has 1 amide bonds. The molecular weight excluding hydrogens is 250 g/mol. The molecule has 0 spiro atoms. The van der Waals surface area contributed by atoms with E-state index in [4.69, 9.17) is 10.0 Å². The second kappa shape index (κ2) is 4.29. The van der Waals surface area contributed by atoms with Crippen LogP contribution in [-0.2, 0) is 11.2 Å². The van der Waals surface area contributed by atoms with E-state index in [-0.39, 0.29) is 24.1 Å². The highest BCUT2D eigenvalue weighted by molar-refractivity contribution is 6.58. The van der Waals surface area contributed by atoms with Gasteiger partial charge in [0.15, 0.2) is 0 Å². The van der Waals surface area contributed by atoms with E-state index in [0.29, 0.717) is 10.5 Å². The van der Waals surface area contributed by atoms with Gasteiger partial charge in [-0.25, -0.2) is 0 Å². The first-order chi connectivity index (χ1) is 8.30. The number of alkyl halides is 3. The number of rotatable bonds is 1. The summed E-state index contributed by atoms with van der Waals surface area (Å²) in [6.45, 7) is -0.0569. The predicted molar refractivity (Wildman–Crippen MR) is 58.4 cm³/mol. The number of hydrogen-bond donors (Lipinski definition) is 2. The van der Waals surface area contributed by atoms with E-state index in [1.54, 1.807) is 0 Å². The highest BCUT2D eigenvalue weighted by atomic mass is 19.4. The zero-order valence-corrected chi connectivity index (χ0v) is 9.11. The monoisotopic (exact) mass is 259 g/mol. The quantitative estimate of drug-likeness (QED) is 0.687. The summed E-state index contributed by atoms with van der Waals surface area (Å²) in [5.41, 5.74) is 0.856. The summed E-state index contributed by atoms with van der Waals surface area (Å²) in [4.78, 5) is 11.8. The summed E-state index contributed by atoms with van der Waals surface area (Å²) in [6.07, 6.45) is -4.64. The van der Waals surface area contributed by atoms with E-state index in [0.717, 1.165) is 0 Å². The van der Waals surface area contributed by atoms with Crippen LogP contribution in [0.5, 0.6) is 0 Å². The summed E-state index contributed by atoms with van der Waals surface area (Å²) in [5, 5.41) is 17.9. The largest absolute Gasteiger partial charge is 0.488 e. The molecule has 0 fully saturated rings. The van der Waals surface area contributed by atoms with Gasteiger partial charge in [-0.2, -0.15) is 13.2 Å². The molecule has 0 saturated heterocycles. The number of benzene rings is 1. The number of carbonyl (C=O) groups is 1. The SMILES string of the molecule is O=C(N1CCc2cc(B(O)O)ccc21)C(F)(F)F. The van der Waals surface area contributed by atoms with Crippen molar-refractivity contribution in [3.63, 3.8) is 0 Å². The molecule has 0 atom stereocenters. The van der Waals surface area contributed by atoms with Crippen molar-refractivity contribution in [2.24, 2.45) is 0 Å². The van der Waals surface area contributed by atoms with Crippen LogP contribution in [-0.4, -0.2) is 35.8 Å². The number of fused-ring (bicyclic) bond motifs is 1. The lowest BCUT2D eigenvalue weighted by Gasteiger charge is -2.18. The van der Waals surface area contributed by atoms with Crippen molar-refractivity contribution in [1.82, 2.24) is 0 Å². The Hall–Kier alpha value is -1.54.